The zero-order valence-corrected chi connectivity index (χ0v) is 15.1. The van der Waals surface area contributed by atoms with Crippen molar-refractivity contribution in [1.82, 2.24) is 9.88 Å². The van der Waals surface area contributed by atoms with Crippen LogP contribution in [0.2, 0.25) is 5.02 Å². The predicted molar refractivity (Wildman–Crippen MR) is 102 cm³/mol. The smallest absolute Gasteiger partial charge is 0.274 e. The summed E-state index contributed by atoms with van der Waals surface area (Å²) in [5.41, 5.74) is 1.28. The number of rotatable bonds is 6. The minimum Gasteiger partial charge on any atom is -0.496 e. The molecule has 0 aliphatic heterocycles. The molecule has 1 aromatic heterocycles. The molecule has 2 aromatic carbocycles. The van der Waals surface area contributed by atoms with Crippen LogP contribution in [-0.4, -0.2) is 22.5 Å². The fourth-order valence-electron chi connectivity index (χ4n) is 2.69. The highest BCUT2D eigenvalue weighted by Gasteiger charge is 2.18. The van der Waals surface area contributed by atoms with Crippen molar-refractivity contribution >= 4 is 23.2 Å². The second kappa shape index (κ2) is 7.92. The van der Waals surface area contributed by atoms with E-state index in [0.29, 0.717) is 22.0 Å². The van der Waals surface area contributed by atoms with Crippen LogP contribution in [0.1, 0.15) is 15.9 Å². The van der Waals surface area contributed by atoms with E-state index in [1.54, 1.807) is 28.8 Å². The molecule has 0 radical (unpaired) electrons. The van der Waals surface area contributed by atoms with E-state index < -0.39 is 10.8 Å². The number of benzene rings is 2. The maximum atomic E-state index is 12.6. The highest BCUT2D eigenvalue weighted by Crippen LogP contribution is 2.30. The Hall–Kier alpha value is -3.32. The van der Waals surface area contributed by atoms with E-state index in [9.17, 15) is 14.9 Å². The van der Waals surface area contributed by atoms with Gasteiger partial charge in [-0.1, -0.05) is 29.8 Å². The summed E-state index contributed by atoms with van der Waals surface area (Å²) in [7, 11) is 1.46. The lowest BCUT2D eigenvalue weighted by atomic mass is 10.1. The second-order valence-corrected chi connectivity index (χ2v) is 6.07. The van der Waals surface area contributed by atoms with E-state index in [-0.39, 0.29) is 17.8 Å². The molecule has 138 valence electrons. The third-order valence-corrected chi connectivity index (χ3v) is 4.33. The molecule has 1 amide bonds. The molecule has 0 fully saturated rings. The molecular formula is C19H16ClN3O4. The Kier molecular flexibility index (Phi) is 5.42. The maximum absolute atomic E-state index is 12.6. The lowest BCUT2D eigenvalue weighted by Crippen LogP contribution is -2.24. The average molecular weight is 386 g/mol. The lowest BCUT2D eigenvalue weighted by molar-refractivity contribution is -0.385. The summed E-state index contributed by atoms with van der Waals surface area (Å²) in [6, 6.07) is 13.1. The standard InChI is InChI=1S/C19H16ClN3O4/c1-27-18-11-17(22-8-4-5-9-22)15(20)10-14(18)19(24)21-12-13-6-2-3-7-16(13)23(25)26/h2-11H,12H2,1H3,(H,21,24). The van der Waals surface area contributed by atoms with Gasteiger partial charge in [0.2, 0.25) is 0 Å². The fourth-order valence-corrected chi connectivity index (χ4v) is 2.95. The van der Waals surface area contributed by atoms with Gasteiger partial charge in [-0.2, -0.15) is 0 Å². The Morgan fingerprint density at radius 3 is 2.59 bits per heavy atom. The summed E-state index contributed by atoms with van der Waals surface area (Å²) in [6.07, 6.45) is 3.66. The molecule has 0 aliphatic carbocycles. The molecule has 0 aliphatic rings. The van der Waals surface area contributed by atoms with Crippen LogP contribution >= 0.6 is 11.6 Å². The van der Waals surface area contributed by atoms with Crippen LogP contribution < -0.4 is 10.1 Å². The van der Waals surface area contributed by atoms with Gasteiger partial charge in [0.05, 0.1) is 28.3 Å². The number of nitrogens with one attached hydrogen (secondary N) is 1. The van der Waals surface area contributed by atoms with Crippen molar-refractivity contribution in [2.24, 2.45) is 0 Å². The fraction of sp³-hybridized carbons (Fsp3) is 0.105. The maximum Gasteiger partial charge on any atom is 0.274 e. The molecule has 8 heteroatoms. The number of amides is 1. The number of halogens is 1. The number of ether oxygens (including phenoxy) is 1. The zero-order valence-electron chi connectivity index (χ0n) is 14.4. The summed E-state index contributed by atoms with van der Waals surface area (Å²) in [6.45, 7) is 0.0100. The van der Waals surface area contributed by atoms with E-state index in [1.807, 2.05) is 24.5 Å². The number of nitro groups is 1. The number of methoxy groups -OCH3 is 1. The van der Waals surface area contributed by atoms with Gasteiger partial charge in [-0.3, -0.25) is 14.9 Å². The van der Waals surface area contributed by atoms with Gasteiger partial charge in [-0.15, -0.1) is 0 Å². The molecule has 0 spiro atoms. The Morgan fingerprint density at radius 1 is 1.22 bits per heavy atom. The molecule has 27 heavy (non-hydrogen) atoms. The topological polar surface area (TPSA) is 86.4 Å². The first-order valence-electron chi connectivity index (χ1n) is 8.02. The van der Waals surface area contributed by atoms with Gasteiger partial charge in [0.15, 0.2) is 0 Å². The molecule has 7 nitrogen and oxygen atoms in total. The number of carbonyl (C=O) groups excluding carboxylic acids is 1. The summed E-state index contributed by atoms with van der Waals surface area (Å²) < 4.78 is 7.14. The van der Waals surface area contributed by atoms with Gasteiger partial charge in [-0.25, -0.2) is 0 Å². The molecule has 0 atom stereocenters. The third kappa shape index (κ3) is 3.93. The number of nitrogens with zero attached hydrogens (tertiary/aromatic N) is 2. The van der Waals surface area contributed by atoms with Crippen LogP contribution in [-0.2, 0) is 6.54 Å². The first-order valence-corrected chi connectivity index (χ1v) is 8.40. The number of aromatic nitrogens is 1. The molecule has 3 aromatic rings. The Morgan fingerprint density at radius 2 is 1.93 bits per heavy atom. The lowest BCUT2D eigenvalue weighted by Gasteiger charge is -2.13. The molecule has 3 rings (SSSR count). The van der Waals surface area contributed by atoms with Crippen molar-refractivity contribution in [3.63, 3.8) is 0 Å². The third-order valence-electron chi connectivity index (χ3n) is 4.02. The molecule has 0 unspecified atom stereocenters. The predicted octanol–water partition coefficient (Wildman–Crippen LogP) is 3.98. The molecule has 0 saturated heterocycles. The highest BCUT2D eigenvalue weighted by atomic mass is 35.5. The van der Waals surface area contributed by atoms with Gasteiger partial charge < -0.3 is 14.6 Å². The molecule has 1 N–H and O–H groups in total. The van der Waals surface area contributed by atoms with Crippen LogP contribution in [0.3, 0.4) is 0 Å². The normalized spacial score (nSPS) is 10.4. The van der Waals surface area contributed by atoms with E-state index in [1.165, 1.54) is 19.2 Å². The number of nitro benzene ring substituents is 1. The Balaban J connectivity index is 1.85. The number of hydrogen-bond acceptors (Lipinski definition) is 4. The van der Waals surface area contributed by atoms with Gasteiger partial charge in [0, 0.05) is 36.6 Å². The molecule has 1 heterocycles. The van der Waals surface area contributed by atoms with Crippen molar-refractivity contribution in [2.45, 2.75) is 6.54 Å². The van der Waals surface area contributed by atoms with Crippen LogP contribution in [0, 0.1) is 10.1 Å². The number of para-hydroxylation sites is 1. The molecular weight excluding hydrogens is 370 g/mol. The van der Waals surface area contributed by atoms with Gasteiger partial charge in [0.25, 0.3) is 11.6 Å². The van der Waals surface area contributed by atoms with E-state index in [2.05, 4.69) is 5.32 Å². The van der Waals surface area contributed by atoms with Crippen molar-refractivity contribution in [3.8, 4) is 11.4 Å². The monoisotopic (exact) mass is 385 g/mol. The molecule has 0 saturated carbocycles. The van der Waals surface area contributed by atoms with E-state index in [4.69, 9.17) is 16.3 Å². The van der Waals surface area contributed by atoms with Gasteiger partial charge in [-0.05, 0) is 18.2 Å². The average Bonchev–Trinajstić information content (AvgIpc) is 3.20. The van der Waals surface area contributed by atoms with Crippen LogP contribution in [0.5, 0.6) is 5.75 Å². The zero-order chi connectivity index (χ0) is 19.4. The molecule has 0 bridgehead atoms. The highest BCUT2D eigenvalue weighted by molar-refractivity contribution is 6.33. The summed E-state index contributed by atoms with van der Waals surface area (Å²) >= 11 is 6.33. The van der Waals surface area contributed by atoms with Gasteiger partial charge >= 0.3 is 0 Å². The quantitative estimate of drug-likeness (QED) is 0.513. The second-order valence-electron chi connectivity index (χ2n) is 5.66. The van der Waals surface area contributed by atoms with Crippen LogP contribution in [0.4, 0.5) is 5.69 Å². The van der Waals surface area contributed by atoms with Crippen LogP contribution in [0.25, 0.3) is 5.69 Å². The van der Waals surface area contributed by atoms with Crippen LogP contribution in [0.15, 0.2) is 60.9 Å². The Bertz CT molecular complexity index is 987. The summed E-state index contributed by atoms with van der Waals surface area (Å²) in [5, 5.41) is 14.1. The van der Waals surface area contributed by atoms with Crippen molar-refractivity contribution in [3.05, 3.63) is 87.2 Å². The van der Waals surface area contributed by atoms with E-state index >= 15 is 0 Å². The Labute approximate surface area is 160 Å². The first kappa shape index (κ1) is 18.5. The first-order chi connectivity index (χ1) is 13.0. The number of hydrogen-bond donors (Lipinski definition) is 1. The largest absolute Gasteiger partial charge is 0.496 e. The minimum atomic E-state index is -0.481. The van der Waals surface area contributed by atoms with Gasteiger partial charge in [0.1, 0.15) is 5.75 Å². The summed E-state index contributed by atoms with van der Waals surface area (Å²) in [4.78, 5) is 23.2. The summed E-state index contributed by atoms with van der Waals surface area (Å²) in [5.74, 6) is -0.0888. The van der Waals surface area contributed by atoms with Crippen molar-refractivity contribution in [1.29, 1.82) is 0 Å². The SMILES string of the molecule is COc1cc(-n2cccc2)c(Cl)cc1C(=O)NCc1ccccc1[N+](=O)[O-]. The van der Waals surface area contributed by atoms with E-state index in [0.717, 1.165) is 0 Å². The van der Waals surface area contributed by atoms with Crippen molar-refractivity contribution in [2.75, 3.05) is 7.11 Å². The minimum absolute atomic E-state index is 0.0100. The number of carbonyl (C=O) groups is 1. The van der Waals surface area contributed by atoms with Crippen molar-refractivity contribution < 1.29 is 14.5 Å².